The highest BCUT2D eigenvalue weighted by atomic mass is 16.5. The topological polar surface area (TPSA) is 92.7 Å². The van der Waals surface area contributed by atoms with Crippen LogP contribution in [0.4, 0.5) is 5.69 Å². The quantitative estimate of drug-likeness (QED) is 0.492. The van der Waals surface area contributed by atoms with Gasteiger partial charge in [0.15, 0.2) is 0 Å². The molecule has 0 heterocycles. The first-order valence-corrected chi connectivity index (χ1v) is 8.92. The summed E-state index contributed by atoms with van der Waals surface area (Å²) >= 11 is 0. The second-order valence-electron chi connectivity index (χ2n) is 6.83. The van der Waals surface area contributed by atoms with Gasteiger partial charge in [0.05, 0.1) is 12.2 Å². The third-order valence-corrected chi connectivity index (χ3v) is 4.35. The second-order valence-corrected chi connectivity index (χ2v) is 6.83. The predicted octanol–water partition coefficient (Wildman–Crippen LogP) is 2.88. The number of aliphatic hydroxyl groups is 1. The summed E-state index contributed by atoms with van der Waals surface area (Å²) < 4.78 is 4.78. The Morgan fingerprint density at radius 1 is 1.19 bits per heavy atom. The van der Waals surface area contributed by atoms with Crippen LogP contribution in [0.25, 0.3) is 0 Å². The van der Waals surface area contributed by atoms with Gasteiger partial charge in [-0.15, -0.1) is 0 Å². The van der Waals surface area contributed by atoms with Crippen molar-refractivity contribution >= 4 is 23.3 Å². The third-order valence-electron chi connectivity index (χ3n) is 4.35. The lowest BCUT2D eigenvalue weighted by Crippen LogP contribution is -2.38. The van der Waals surface area contributed by atoms with E-state index in [-0.39, 0.29) is 37.1 Å². The minimum atomic E-state index is -1.18. The molecule has 0 aliphatic carbocycles. The summed E-state index contributed by atoms with van der Waals surface area (Å²) in [6.45, 7) is 7.08. The van der Waals surface area contributed by atoms with Gasteiger partial charge in [-0.2, -0.15) is 0 Å². The van der Waals surface area contributed by atoms with Gasteiger partial charge in [0.1, 0.15) is 12.2 Å². The van der Waals surface area contributed by atoms with Gasteiger partial charge in [-0.25, -0.2) is 0 Å². The predicted molar refractivity (Wildman–Crippen MR) is 99.7 cm³/mol. The van der Waals surface area contributed by atoms with Gasteiger partial charge in [0.2, 0.25) is 5.91 Å². The van der Waals surface area contributed by atoms with Crippen LogP contribution >= 0.6 is 0 Å². The van der Waals surface area contributed by atoms with Crippen LogP contribution in [0.1, 0.15) is 52.5 Å². The smallest absolute Gasteiger partial charge is 0.313 e. The number of hydrogen-bond acceptors (Lipinski definition) is 5. The summed E-state index contributed by atoms with van der Waals surface area (Å²) in [5.41, 5.74) is 0.529. The fourth-order valence-electron chi connectivity index (χ4n) is 2.68. The van der Waals surface area contributed by atoms with E-state index in [0.29, 0.717) is 18.5 Å². The molecule has 0 saturated heterocycles. The van der Waals surface area contributed by atoms with E-state index in [1.165, 1.54) is 6.92 Å². The summed E-state index contributed by atoms with van der Waals surface area (Å²) in [6, 6.07) is 7.37. The number of nitrogens with one attached hydrogen (secondary N) is 1. The van der Waals surface area contributed by atoms with Crippen molar-refractivity contribution in [3.05, 3.63) is 29.8 Å². The molecule has 1 aromatic rings. The summed E-state index contributed by atoms with van der Waals surface area (Å²) in [7, 11) is 0. The van der Waals surface area contributed by atoms with Gasteiger partial charge in [-0.1, -0.05) is 26.0 Å². The number of ether oxygens (including phenoxy) is 1. The molecule has 0 saturated carbocycles. The third kappa shape index (κ3) is 7.35. The molecule has 6 nitrogen and oxygen atoms in total. The molecule has 0 aliphatic heterocycles. The maximum absolute atomic E-state index is 12.1. The molecule has 0 fully saturated rings. The van der Waals surface area contributed by atoms with E-state index in [1.807, 2.05) is 26.0 Å². The van der Waals surface area contributed by atoms with Crippen LogP contribution in [0, 0.1) is 5.92 Å². The molecule has 0 aromatic heterocycles. The highest BCUT2D eigenvalue weighted by molar-refractivity contribution is 5.96. The number of benzene rings is 1. The van der Waals surface area contributed by atoms with Gasteiger partial charge in [-0.05, 0) is 43.4 Å². The lowest BCUT2D eigenvalue weighted by atomic mass is 9.80. The molecule has 0 aliphatic rings. The number of carbonyl (C=O) groups excluding carboxylic acids is 3. The van der Waals surface area contributed by atoms with E-state index in [1.54, 1.807) is 19.1 Å². The largest absolute Gasteiger partial charge is 0.466 e. The van der Waals surface area contributed by atoms with E-state index < -0.39 is 11.6 Å². The van der Waals surface area contributed by atoms with Crippen molar-refractivity contribution in [2.24, 2.45) is 5.92 Å². The van der Waals surface area contributed by atoms with Gasteiger partial charge in [0, 0.05) is 19.0 Å². The fourth-order valence-corrected chi connectivity index (χ4v) is 2.68. The Bertz CT molecular complexity index is 624. The fraction of sp³-hybridized carbons (Fsp3) is 0.550. The van der Waals surface area contributed by atoms with Crippen molar-refractivity contribution in [3.8, 4) is 0 Å². The lowest BCUT2D eigenvalue weighted by molar-refractivity contribution is -0.146. The molecule has 1 amide bonds. The molecule has 0 radical (unpaired) electrons. The molecule has 6 heteroatoms. The van der Waals surface area contributed by atoms with Crippen molar-refractivity contribution in [2.45, 2.75) is 59.0 Å². The number of anilines is 1. The van der Waals surface area contributed by atoms with Gasteiger partial charge < -0.3 is 15.2 Å². The molecule has 0 bridgehead atoms. The normalized spacial score (nSPS) is 13.2. The Kier molecular flexibility index (Phi) is 8.45. The number of carbonyl (C=O) groups is 3. The van der Waals surface area contributed by atoms with E-state index in [4.69, 9.17) is 4.74 Å². The highest BCUT2D eigenvalue weighted by Crippen LogP contribution is 2.28. The molecule has 2 N–H and O–H groups in total. The standard InChI is InChI=1S/C20H29NO5/c1-5-26-19(24)12-18(23)13-20(25,14(2)3)11-10-16-6-8-17(9-7-16)21-15(4)22/h6-9,14,25H,5,10-13H2,1-4H3,(H,21,22)/t20-/m0/s1. The van der Waals surface area contributed by atoms with Crippen LogP contribution in [0.5, 0.6) is 0 Å². The Morgan fingerprint density at radius 2 is 1.81 bits per heavy atom. The number of esters is 1. The summed E-state index contributed by atoms with van der Waals surface area (Å²) in [6.07, 6.45) is 0.599. The SMILES string of the molecule is CCOC(=O)CC(=O)C[C@@](O)(CCc1ccc(NC(C)=O)cc1)C(C)C. The highest BCUT2D eigenvalue weighted by Gasteiger charge is 2.33. The molecule has 26 heavy (non-hydrogen) atoms. The van der Waals surface area contributed by atoms with Crippen LogP contribution in [-0.2, 0) is 25.5 Å². The monoisotopic (exact) mass is 363 g/mol. The van der Waals surface area contributed by atoms with E-state index in [2.05, 4.69) is 5.32 Å². The van der Waals surface area contributed by atoms with Gasteiger partial charge >= 0.3 is 5.97 Å². The van der Waals surface area contributed by atoms with Gasteiger partial charge in [-0.3, -0.25) is 14.4 Å². The number of ketones is 1. The van der Waals surface area contributed by atoms with Crippen LogP contribution in [0.2, 0.25) is 0 Å². The number of rotatable bonds is 10. The first-order valence-electron chi connectivity index (χ1n) is 8.92. The Labute approximate surface area is 154 Å². The van der Waals surface area contributed by atoms with Crippen molar-refractivity contribution < 1.29 is 24.2 Å². The molecule has 0 unspecified atom stereocenters. The van der Waals surface area contributed by atoms with Crippen LogP contribution < -0.4 is 5.32 Å². The van der Waals surface area contributed by atoms with Crippen molar-refractivity contribution in [2.75, 3.05) is 11.9 Å². The average Bonchev–Trinajstić information content (AvgIpc) is 2.53. The summed E-state index contributed by atoms with van der Waals surface area (Å²) in [5.74, 6) is -1.14. The minimum Gasteiger partial charge on any atom is -0.466 e. The number of Topliss-reactive ketones (excluding diaryl/α,β-unsaturated/α-hetero) is 1. The van der Waals surface area contributed by atoms with E-state index in [0.717, 1.165) is 5.56 Å². The molecule has 0 spiro atoms. The van der Waals surface area contributed by atoms with Crippen molar-refractivity contribution in [3.63, 3.8) is 0 Å². The number of amides is 1. The maximum Gasteiger partial charge on any atom is 0.313 e. The average molecular weight is 363 g/mol. The maximum atomic E-state index is 12.1. The lowest BCUT2D eigenvalue weighted by Gasteiger charge is -2.32. The second kappa shape index (κ2) is 10.1. The number of aryl methyl sites for hydroxylation is 1. The molecule has 1 aromatic carbocycles. The minimum absolute atomic E-state index is 0.0759. The van der Waals surface area contributed by atoms with Crippen molar-refractivity contribution in [1.29, 1.82) is 0 Å². The number of hydrogen-bond donors (Lipinski definition) is 2. The molecule has 1 rings (SSSR count). The van der Waals surface area contributed by atoms with Crippen LogP contribution in [0.3, 0.4) is 0 Å². The van der Waals surface area contributed by atoms with Crippen LogP contribution in [0.15, 0.2) is 24.3 Å². The Hall–Kier alpha value is -2.21. The molecule has 144 valence electrons. The Balaban J connectivity index is 2.67. The molecular weight excluding hydrogens is 334 g/mol. The Morgan fingerprint density at radius 3 is 2.31 bits per heavy atom. The van der Waals surface area contributed by atoms with E-state index >= 15 is 0 Å². The van der Waals surface area contributed by atoms with Crippen LogP contribution in [-0.4, -0.2) is 35.0 Å². The zero-order valence-electron chi connectivity index (χ0n) is 16.0. The summed E-state index contributed by atoms with van der Waals surface area (Å²) in [5, 5.41) is 13.6. The zero-order chi connectivity index (χ0) is 19.7. The summed E-state index contributed by atoms with van der Waals surface area (Å²) in [4.78, 5) is 34.6. The van der Waals surface area contributed by atoms with Crippen molar-refractivity contribution in [1.82, 2.24) is 0 Å². The molecule has 1 atom stereocenters. The first-order chi connectivity index (χ1) is 12.2. The molecular formula is C20H29NO5. The van der Waals surface area contributed by atoms with Gasteiger partial charge in [0.25, 0.3) is 0 Å². The van der Waals surface area contributed by atoms with E-state index in [9.17, 15) is 19.5 Å². The zero-order valence-corrected chi connectivity index (χ0v) is 16.0. The first kappa shape index (κ1) is 21.8.